The number of rotatable bonds is 4. The topological polar surface area (TPSA) is 66.5 Å². The van der Waals surface area contributed by atoms with Crippen LogP contribution in [0, 0.1) is 0 Å². The summed E-state index contributed by atoms with van der Waals surface area (Å²) in [5.74, 6) is -0.0998. The van der Waals surface area contributed by atoms with Crippen molar-refractivity contribution >= 4 is 15.9 Å². The van der Waals surface area contributed by atoms with Gasteiger partial charge in [-0.1, -0.05) is 13.0 Å². The van der Waals surface area contributed by atoms with Crippen LogP contribution in [0.15, 0.2) is 11.6 Å². The Bertz CT molecular complexity index is 429. The SMILES string of the molecule is CC/C=C(\C)C(=O)N[C@H]1CCCN(S(C)(=O)=O)C1. The van der Waals surface area contributed by atoms with E-state index in [1.54, 1.807) is 6.92 Å². The third kappa shape index (κ3) is 4.42. The number of allylic oxidation sites excluding steroid dienone is 1. The highest BCUT2D eigenvalue weighted by molar-refractivity contribution is 7.88. The van der Waals surface area contributed by atoms with Gasteiger partial charge >= 0.3 is 0 Å². The van der Waals surface area contributed by atoms with E-state index in [0.29, 0.717) is 18.7 Å². The Hall–Kier alpha value is -0.880. The monoisotopic (exact) mass is 274 g/mol. The van der Waals surface area contributed by atoms with Crippen molar-refractivity contribution in [1.29, 1.82) is 0 Å². The molecule has 1 aliphatic heterocycles. The molecule has 0 spiro atoms. The standard InChI is InChI=1S/C12H22N2O3S/c1-4-6-10(2)12(15)13-11-7-5-8-14(9-11)18(3,16)17/h6,11H,4-5,7-9H2,1-3H3,(H,13,15)/b10-6+/t11-/m0/s1. The molecule has 18 heavy (non-hydrogen) atoms. The quantitative estimate of drug-likeness (QED) is 0.774. The second-order valence-electron chi connectivity index (χ2n) is 4.73. The molecule has 0 radical (unpaired) electrons. The first-order chi connectivity index (χ1) is 8.34. The smallest absolute Gasteiger partial charge is 0.246 e. The molecule has 5 nitrogen and oxygen atoms in total. The summed E-state index contributed by atoms with van der Waals surface area (Å²) in [7, 11) is -3.16. The number of amides is 1. The first-order valence-electron chi connectivity index (χ1n) is 6.27. The van der Waals surface area contributed by atoms with Gasteiger partial charge in [0.25, 0.3) is 0 Å². The Morgan fingerprint density at radius 3 is 2.72 bits per heavy atom. The predicted molar refractivity (Wildman–Crippen MR) is 71.6 cm³/mol. The highest BCUT2D eigenvalue weighted by atomic mass is 32.2. The predicted octanol–water partition coefficient (Wildman–Crippen LogP) is 0.883. The number of hydrogen-bond acceptors (Lipinski definition) is 3. The third-order valence-corrected chi connectivity index (χ3v) is 4.33. The van der Waals surface area contributed by atoms with Crippen molar-refractivity contribution in [3.8, 4) is 0 Å². The Morgan fingerprint density at radius 2 is 2.17 bits per heavy atom. The van der Waals surface area contributed by atoms with Crippen LogP contribution in [0.1, 0.15) is 33.1 Å². The van der Waals surface area contributed by atoms with Crippen LogP contribution in [-0.2, 0) is 14.8 Å². The number of carbonyl (C=O) groups is 1. The van der Waals surface area contributed by atoms with Gasteiger partial charge in [0.15, 0.2) is 0 Å². The molecule has 0 aromatic carbocycles. The summed E-state index contributed by atoms with van der Waals surface area (Å²) in [5, 5.41) is 2.89. The largest absolute Gasteiger partial charge is 0.348 e. The maximum Gasteiger partial charge on any atom is 0.246 e. The molecule has 0 saturated carbocycles. The van der Waals surface area contributed by atoms with Crippen LogP contribution >= 0.6 is 0 Å². The van der Waals surface area contributed by atoms with E-state index in [2.05, 4.69) is 5.32 Å². The van der Waals surface area contributed by atoms with Crippen LogP contribution < -0.4 is 5.32 Å². The van der Waals surface area contributed by atoms with Gasteiger partial charge in [-0.05, 0) is 26.2 Å². The minimum atomic E-state index is -3.16. The number of hydrogen-bond donors (Lipinski definition) is 1. The number of carbonyl (C=O) groups excluding carboxylic acids is 1. The van der Waals surface area contributed by atoms with Gasteiger partial charge in [-0.3, -0.25) is 4.79 Å². The lowest BCUT2D eigenvalue weighted by atomic mass is 10.1. The van der Waals surface area contributed by atoms with E-state index in [4.69, 9.17) is 0 Å². The van der Waals surface area contributed by atoms with Gasteiger partial charge in [0.05, 0.1) is 6.26 Å². The molecule has 0 bridgehead atoms. The molecule has 1 fully saturated rings. The van der Waals surface area contributed by atoms with Crippen molar-refractivity contribution in [3.05, 3.63) is 11.6 Å². The molecule has 1 aliphatic rings. The summed E-state index contributed by atoms with van der Waals surface area (Å²) >= 11 is 0. The van der Waals surface area contributed by atoms with Crippen LogP contribution in [0.4, 0.5) is 0 Å². The lowest BCUT2D eigenvalue weighted by Gasteiger charge is -2.31. The molecular formula is C12H22N2O3S. The van der Waals surface area contributed by atoms with Crippen LogP contribution in [0.25, 0.3) is 0 Å². The molecule has 1 heterocycles. The lowest BCUT2D eigenvalue weighted by Crippen LogP contribution is -2.49. The van der Waals surface area contributed by atoms with Gasteiger partial charge in [0.1, 0.15) is 0 Å². The molecule has 0 aliphatic carbocycles. The number of sulfonamides is 1. The van der Waals surface area contributed by atoms with Gasteiger partial charge in [-0.2, -0.15) is 0 Å². The number of piperidine rings is 1. The van der Waals surface area contributed by atoms with Crippen LogP contribution in [-0.4, -0.2) is 44.0 Å². The van der Waals surface area contributed by atoms with E-state index in [1.807, 2.05) is 13.0 Å². The summed E-state index contributed by atoms with van der Waals surface area (Å²) in [6.07, 6.45) is 5.51. The van der Waals surface area contributed by atoms with Crippen LogP contribution in [0.3, 0.4) is 0 Å². The lowest BCUT2D eigenvalue weighted by molar-refractivity contribution is -0.118. The molecule has 1 rings (SSSR count). The molecule has 104 valence electrons. The average Bonchev–Trinajstić information content (AvgIpc) is 2.28. The van der Waals surface area contributed by atoms with Gasteiger partial charge in [-0.25, -0.2) is 12.7 Å². The molecule has 0 unspecified atom stereocenters. The van der Waals surface area contributed by atoms with E-state index in [9.17, 15) is 13.2 Å². The maximum absolute atomic E-state index is 11.8. The van der Waals surface area contributed by atoms with E-state index in [1.165, 1.54) is 10.6 Å². The fourth-order valence-corrected chi connectivity index (χ4v) is 2.97. The summed E-state index contributed by atoms with van der Waals surface area (Å²) in [5.41, 5.74) is 0.689. The first-order valence-corrected chi connectivity index (χ1v) is 8.12. The molecule has 1 N–H and O–H groups in total. The van der Waals surface area contributed by atoms with E-state index in [-0.39, 0.29) is 11.9 Å². The van der Waals surface area contributed by atoms with Gasteiger partial charge < -0.3 is 5.32 Å². The van der Waals surface area contributed by atoms with Crippen molar-refractivity contribution in [2.75, 3.05) is 19.3 Å². The van der Waals surface area contributed by atoms with Gasteiger partial charge in [0.2, 0.25) is 15.9 Å². The third-order valence-electron chi connectivity index (χ3n) is 3.06. The van der Waals surface area contributed by atoms with E-state index in [0.717, 1.165) is 19.3 Å². The highest BCUT2D eigenvalue weighted by Crippen LogP contribution is 2.13. The summed E-state index contributed by atoms with van der Waals surface area (Å²) in [6, 6.07) is -0.0822. The van der Waals surface area contributed by atoms with Crippen LogP contribution in [0.2, 0.25) is 0 Å². The number of nitrogens with zero attached hydrogens (tertiary/aromatic N) is 1. The number of nitrogens with one attached hydrogen (secondary N) is 1. The van der Waals surface area contributed by atoms with E-state index < -0.39 is 10.0 Å². The van der Waals surface area contributed by atoms with Crippen molar-refractivity contribution in [2.45, 2.75) is 39.2 Å². The van der Waals surface area contributed by atoms with Crippen molar-refractivity contribution in [1.82, 2.24) is 9.62 Å². The van der Waals surface area contributed by atoms with Gasteiger partial charge in [0, 0.05) is 24.7 Å². The molecule has 0 aromatic rings. The minimum Gasteiger partial charge on any atom is -0.348 e. The minimum absolute atomic E-state index is 0.0822. The molecule has 0 aromatic heterocycles. The van der Waals surface area contributed by atoms with Gasteiger partial charge in [-0.15, -0.1) is 0 Å². The molecular weight excluding hydrogens is 252 g/mol. The normalized spacial score (nSPS) is 22.8. The zero-order valence-electron chi connectivity index (χ0n) is 11.3. The zero-order valence-corrected chi connectivity index (χ0v) is 12.1. The fraction of sp³-hybridized carbons (Fsp3) is 0.750. The second kappa shape index (κ2) is 6.33. The summed E-state index contributed by atoms with van der Waals surface area (Å²) < 4.78 is 24.3. The molecule has 1 saturated heterocycles. The Labute approximate surface area is 109 Å². The zero-order chi connectivity index (χ0) is 13.8. The Kier molecular flexibility index (Phi) is 5.34. The molecule has 1 amide bonds. The first kappa shape index (κ1) is 15.2. The van der Waals surface area contributed by atoms with Crippen molar-refractivity contribution < 1.29 is 13.2 Å². The Balaban J connectivity index is 2.58. The molecule has 6 heteroatoms. The molecule has 1 atom stereocenters. The maximum atomic E-state index is 11.8. The second-order valence-corrected chi connectivity index (χ2v) is 6.71. The van der Waals surface area contributed by atoms with E-state index >= 15 is 0 Å². The Morgan fingerprint density at radius 1 is 1.50 bits per heavy atom. The van der Waals surface area contributed by atoms with Crippen LogP contribution in [0.5, 0.6) is 0 Å². The average molecular weight is 274 g/mol. The van der Waals surface area contributed by atoms with Crippen molar-refractivity contribution in [2.24, 2.45) is 0 Å². The van der Waals surface area contributed by atoms with Crippen molar-refractivity contribution in [3.63, 3.8) is 0 Å². The fourth-order valence-electron chi connectivity index (χ4n) is 2.06. The summed E-state index contributed by atoms with van der Waals surface area (Å²) in [4.78, 5) is 11.8. The highest BCUT2D eigenvalue weighted by Gasteiger charge is 2.26. The summed E-state index contributed by atoms with van der Waals surface area (Å²) in [6.45, 7) is 4.68.